The zero-order valence-electron chi connectivity index (χ0n) is 35.8. The average molecular weight is 967 g/mol. The van der Waals surface area contributed by atoms with Crippen molar-refractivity contribution in [2.24, 2.45) is 6.98 Å². The van der Waals surface area contributed by atoms with Gasteiger partial charge in [0.1, 0.15) is 5.82 Å². The van der Waals surface area contributed by atoms with E-state index in [4.69, 9.17) is 9.10 Å². The van der Waals surface area contributed by atoms with Gasteiger partial charge in [-0.3, -0.25) is 0 Å². The van der Waals surface area contributed by atoms with E-state index in [0.717, 1.165) is 83.6 Å². The number of anilines is 3. The van der Waals surface area contributed by atoms with Crippen molar-refractivity contribution in [3.8, 4) is 44.9 Å². The molecule has 5 nitrogen and oxygen atoms in total. The number of hydrogen-bond donors (Lipinski definition) is 0. The smallest absolute Gasteiger partial charge is 0.188 e. The molecule has 0 N–H and O–H groups in total. The molecule has 0 fully saturated rings. The van der Waals surface area contributed by atoms with Crippen molar-refractivity contribution in [3.05, 3.63) is 225 Å². The number of rotatable bonds is 8. The van der Waals surface area contributed by atoms with Crippen molar-refractivity contribution in [2.75, 3.05) is 4.90 Å². The third-order valence-electron chi connectivity index (χ3n) is 11.2. The van der Waals surface area contributed by atoms with Crippen molar-refractivity contribution in [1.82, 2.24) is 18.7 Å². The van der Waals surface area contributed by atoms with Crippen LogP contribution in [0.15, 0.2) is 213 Å². The number of aromatic nitrogens is 4. The van der Waals surface area contributed by atoms with Crippen LogP contribution in [0.2, 0.25) is 0 Å². The van der Waals surface area contributed by atoms with Gasteiger partial charge in [-0.2, -0.15) is 12.1 Å². The van der Waals surface area contributed by atoms with Gasteiger partial charge in [-0.15, -0.1) is 29.7 Å². The third kappa shape index (κ3) is 6.74. The molecule has 11 aromatic rings. The van der Waals surface area contributed by atoms with Gasteiger partial charge in [-0.25, -0.2) is 14.1 Å². The Morgan fingerprint density at radius 2 is 1.13 bits per heavy atom. The Balaban J connectivity index is 0.00000484. The second-order valence-corrected chi connectivity index (χ2v) is 14.8. The molecule has 294 valence electrons. The van der Waals surface area contributed by atoms with Crippen LogP contribution < -0.4 is 4.90 Å². The van der Waals surface area contributed by atoms with Crippen molar-refractivity contribution < 1.29 is 25.2 Å². The van der Waals surface area contributed by atoms with Crippen molar-refractivity contribution in [3.63, 3.8) is 0 Å². The Morgan fingerprint density at radius 3 is 1.84 bits per heavy atom. The molecule has 0 amide bonds. The maximum atomic E-state index is 8.37. The van der Waals surface area contributed by atoms with E-state index in [9.17, 15) is 0 Å². The predicted molar refractivity (Wildman–Crippen MR) is 247 cm³/mol. The summed E-state index contributed by atoms with van der Waals surface area (Å²) in [6, 6.07) is 76.0. The van der Waals surface area contributed by atoms with Crippen LogP contribution in [0.5, 0.6) is 0 Å². The zero-order valence-corrected chi connectivity index (χ0v) is 35.0. The van der Waals surface area contributed by atoms with E-state index in [1.165, 1.54) is 4.57 Å². The van der Waals surface area contributed by atoms with Gasteiger partial charge in [-0.05, 0) is 58.0 Å². The van der Waals surface area contributed by atoms with Gasteiger partial charge in [0.15, 0.2) is 17.4 Å². The van der Waals surface area contributed by atoms with E-state index in [0.29, 0.717) is 11.2 Å². The molecule has 11 rings (SSSR count). The van der Waals surface area contributed by atoms with Crippen LogP contribution in [-0.2, 0) is 28.0 Å². The molecule has 0 radical (unpaired) electrons. The van der Waals surface area contributed by atoms with Crippen LogP contribution >= 0.6 is 0 Å². The second kappa shape index (κ2) is 16.0. The van der Waals surface area contributed by atoms with Crippen LogP contribution in [0.3, 0.4) is 0 Å². The first-order valence-corrected chi connectivity index (χ1v) is 20.0. The molecule has 3 aromatic heterocycles. The van der Waals surface area contributed by atoms with E-state index < -0.39 is 6.98 Å². The van der Waals surface area contributed by atoms with E-state index in [-0.39, 0.29) is 21.1 Å². The van der Waals surface area contributed by atoms with E-state index >= 15 is 0 Å². The summed E-state index contributed by atoms with van der Waals surface area (Å²) >= 11 is 0. The van der Waals surface area contributed by atoms with Crippen LogP contribution in [0, 0.1) is 12.1 Å². The fraction of sp³-hybridized carbons (Fsp3) is 0.0182. The number of aryl methyl sites for hydroxylation is 1. The maximum absolute atomic E-state index is 8.37. The van der Waals surface area contributed by atoms with Gasteiger partial charge in [0.05, 0.1) is 5.69 Å². The number of nitrogens with zero attached hydrogens (tertiary/aromatic N) is 5. The minimum atomic E-state index is -2.38. The minimum Gasteiger partial charge on any atom is -0.357 e. The topological polar surface area (TPSA) is 30.9 Å². The van der Waals surface area contributed by atoms with Crippen LogP contribution in [0.1, 0.15) is 4.11 Å². The molecule has 6 heteroatoms. The summed E-state index contributed by atoms with van der Waals surface area (Å²) in [5.41, 5.74) is 12.8. The Bertz CT molecular complexity index is 3400. The van der Waals surface area contributed by atoms with Crippen molar-refractivity contribution >= 4 is 49.9 Å². The largest absolute Gasteiger partial charge is 0.357 e. The summed E-state index contributed by atoms with van der Waals surface area (Å²) in [7, 11) is 0. The fourth-order valence-corrected chi connectivity index (χ4v) is 8.48. The first-order valence-electron chi connectivity index (χ1n) is 21.5. The monoisotopic (exact) mass is 966 g/mol. The normalized spacial score (nSPS) is 12.2. The molecule has 0 bridgehead atoms. The van der Waals surface area contributed by atoms with Gasteiger partial charge >= 0.3 is 0 Å². The maximum Gasteiger partial charge on any atom is 0.188 e. The molecule has 0 aliphatic rings. The molecule has 0 spiro atoms. The molecular weight excluding hydrogens is 926 g/mol. The molecule has 3 heterocycles. The van der Waals surface area contributed by atoms with Gasteiger partial charge in [0.25, 0.3) is 0 Å². The van der Waals surface area contributed by atoms with Gasteiger partial charge in [-0.1, -0.05) is 150 Å². The van der Waals surface area contributed by atoms with Crippen LogP contribution in [0.4, 0.5) is 17.1 Å². The molecule has 0 atom stereocenters. The van der Waals surface area contributed by atoms with Crippen molar-refractivity contribution in [2.45, 2.75) is 0 Å². The molecule has 8 aromatic carbocycles. The zero-order chi connectivity index (χ0) is 42.5. The molecule has 61 heavy (non-hydrogen) atoms. The first kappa shape index (κ1) is 34.5. The summed E-state index contributed by atoms with van der Waals surface area (Å²) in [6.07, 6.45) is 3.52. The quantitative estimate of drug-likeness (QED) is 0.142. The van der Waals surface area contributed by atoms with Gasteiger partial charge in [0, 0.05) is 72.8 Å². The fourth-order valence-electron chi connectivity index (χ4n) is 8.48. The summed E-state index contributed by atoms with van der Waals surface area (Å²) in [5.74, 6) is 0.785. The van der Waals surface area contributed by atoms with Gasteiger partial charge < -0.3 is 9.47 Å². The first-order chi connectivity index (χ1) is 30.9. The number of hydrogen-bond acceptors (Lipinski definition) is 2. The predicted octanol–water partition coefficient (Wildman–Crippen LogP) is 13.8. The second-order valence-electron chi connectivity index (χ2n) is 14.8. The van der Waals surface area contributed by atoms with Crippen LogP contribution in [0.25, 0.3) is 77.7 Å². The number of imidazole rings is 1. The van der Waals surface area contributed by atoms with Crippen LogP contribution in [-0.4, -0.2) is 18.7 Å². The molecule has 0 aliphatic carbocycles. The Labute approximate surface area is 373 Å². The molecule has 0 saturated heterocycles. The van der Waals surface area contributed by atoms with E-state index in [1.807, 2.05) is 71.4 Å². The molecule has 0 aliphatic heterocycles. The number of pyridine rings is 1. The summed E-state index contributed by atoms with van der Waals surface area (Å²) in [6.45, 7) is -2.38. The molecule has 0 unspecified atom stereocenters. The van der Waals surface area contributed by atoms with E-state index in [2.05, 4.69) is 161 Å². The van der Waals surface area contributed by atoms with Crippen molar-refractivity contribution in [1.29, 1.82) is 0 Å². The van der Waals surface area contributed by atoms with E-state index in [1.54, 1.807) is 6.33 Å². The number of benzene rings is 8. The molecule has 0 saturated carbocycles. The SMILES string of the molecule is [2H]C([2H])([2H])n1[cH+]n(-c2[c-]c(N(c3[c-]c4c(cc3)c3ccccc3n4-c3cc(-c4ccccc4)ccn3)c3c(-c4ccccc4)cccc3-c3ccccc3)ccc2)c2ccccc21.[Pt]. The molecular formula is C55H38N5Pt-. The minimum absolute atomic E-state index is 0. The Morgan fingerprint density at radius 1 is 0.525 bits per heavy atom. The summed E-state index contributed by atoms with van der Waals surface area (Å²) in [5, 5.41) is 2.14. The third-order valence-corrected chi connectivity index (χ3v) is 11.2. The summed E-state index contributed by atoms with van der Waals surface area (Å²) in [4.78, 5) is 7.22. The summed E-state index contributed by atoms with van der Waals surface area (Å²) < 4.78 is 30.6. The number of fused-ring (bicyclic) bond motifs is 4. The Kier molecular flexibility index (Phi) is 9.07. The standard InChI is InChI=1S/C55H38N5.Pt/c1-57-38-58(52-30-14-13-29-51(52)57)43-23-15-24-44(36-43)59(55-46(40-19-7-3-8-20-40)26-16-27-47(55)41-21-9-4-10-22-41)45-31-32-49-48-25-11-12-28-50(48)60(53(49)37-45)54-35-42(33-34-56-54)39-17-5-2-6-18-39;/h2-35,38H,1H3;/q-1;/i1D3;. The Hall–Kier alpha value is -7.33. The number of para-hydroxylation sites is 4. The average Bonchev–Trinajstić information content (AvgIpc) is 3.90. The van der Waals surface area contributed by atoms with Gasteiger partial charge in [0.2, 0.25) is 0 Å².